The van der Waals surface area contributed by atoms with Crippen molar-refractivity contribution in [1.82, 2.24) is 4.90 Å². The van der Waals surface area contributed by atoms with Gasteiger partial charge in [-0.1, -0.05) is 17.7 Å². The predicted octanol–water partition coefficient (Wildman–Crippen LogP) is 5.02. The van der Waals surface area contributed by atoms with Crippen LogP contribution in [0.3, 0.4) is 0 Å². The first kappa shape index (κ1) is 25.5. The molecule has 6 nitrogen and oxygen atoms in total. The molecule has 3 aromatic rings. The van der Waals surface area contributed by atoms with E-state index in [2.05, 4.69) is 0 Å². The molecule has 0 aliphatic carbocycles. The molecule has 1 unspecified atom stereocenters. The summed E-state index contributed by atoms with van der Waals surface area (Å²) in [5, 5.41) is 0.0589. The van der Waals surface area contributed by atoms with Gasteiger partial charge < -0.3 is 14.1 Å². The fourth-order valence-corrected chi connectivity index (χ4v) is 5.35. The predicted molar refractivity (Wildman–Crippen MR) is 128 cm³/mol. The summed E-state index contributed by atoms with van der Waals surface area (Å²) in [6.07, 6.45) is -2.33. The quantitative estimate of drug-likeness (QED) is 0.400. The van der Waals surface area contributed by atoms with E-state index in [-0.39, 0.29) is 45.1 Å². The Kier molecular flexibility index (Phi) is 7.17. The second-order valence-corrected chi connectivity index (χ2v) is 11.3. The molecule has 0 radical (unpaired) electrons. The molecule has 1 atom stereocenters. The van der Waals surface area contributed by atoms with Crippen LogP contribution in [0.15, 0.2) is 51.7 Å². The standard InChI is InChI=1S/C24H23ClF3NO5S/c1-35(31,32)16-8-10-29(14-16)9-3-11-33-21-12-15(24(26,27)28)6-7-18(21)22-13-20(30)17-4-2-5-19(25)23(17)34-22/h2,4-7,12-13,16H,3,8-11,14H2,1H3. The van der Waals surface area contributed by atoms with Crippen molar-refractivity contribution in [2.45, 2.75) is 24.3 Å². The molecule has 0 N–H and O–H groups in total. The fourth-order valence-electron chi connectivity index (χ4n) is 4.12. The van der Waals surface area contributed by atoms with Crippen LogP contribution in [0.2, 0.25) is 5.02 Å². The van der Waals surface area contributed by atoms with Gasteiger partial charge in [0.05, 0.1) is 33.4 Å². The second-order valence-electron chi connectivity index (χ2n) is 8.54. The zero-order chi connectivity index (χ0) is 25.4. The topological polar surface area (TPSA) is 76.8 Å². The minimum Gasteiger partial charge on any atom is -0.493 e. The lowest BCUT2D eigenvalue weighted by Crippen LogP contribution is -2.27. The molecular weight excluding hydrogens is 507 g/mol. The average molecular weight is 530 g/mol. The largest absolute Gasteiger partial charge is 0.493 e. The SMILES string of the molecule is CS(=O)(=O)C1CCN(CCCOc2cc(C(F)(F)F)ccc2-c2cc(=O)c3cccc(Cl)c3o2)C1. The summed E-state index contributed by atoms with van der Waals surface area (Å²) in [6.45, 7) is 1.69. The summed E-state index contributed by atoms with van der Waals surface area (Å²) in [7, 11) is -3.11. The van der Waals surface area contributed by atoms with Gasteiger partial charge in [-0.2, -0.15) is 13.2 Å². The van der Waals surface area contributed by atoms with Crippen LogP contribution in [0.1, 0.15) is 18.4 Å². The first-order chi connectivity index (χ1) is 16.4. The number of hydrogen-bond acceptors (Lipinski definition) is 6. The van der Waals surface area contributed by atoms with Crippen LogP contribution in [0.25, 0.3) is 22.3 Å². The number of para-hydroxylation sites is 1. The smallest absolute Gasteiger partial charge is 0.416 e. The summed E-state index contributed by atoms with van der Waals surface area (Å²) >= 11 is 6.16. The first-order valence-electron chi connectivity index (χ1n) is 10.9. The summed E-state index contributed by atoms with van der Waals surface area (Å²) < 4.78 is 75.0. The van der Waals surface area contributed by atoms with Crippen LogP contribution >= 0.6 is 11.6 Å². The monoisotopic (exact) mass is 529 g/mol. The molecule has 1 saturated heterocycles. The number of sulfone groups is 1. The van der Waals surface area contributed by atoms with E-state index < -0.39 is 26.8 Å². The molecule has 1 aromatic heterocycles. The number of ether oxygens (including phenoxy) is 1. The Morgan fingerprint density at radius 3 is 2.66 bits per heavy atom. The lowest BCUT2D eigenvalue weighted by atomic mass is 10.1. The molecule has 2 aromatic carbocycles. The number of fused-ring (bicyclic) bond motifs is 1. The molecule has 0 spiro atoms. The molecule has 35 heavy (non-hydrogen) atoms. The minimum absolute atomic E-state index is 0.0369. The highest BCUT2D eigenvalue weighted by atomic mass is 35.5. The third-order valence-electron chi connectivity index (χ3n) is 5.99. The number of likely N-dealkylation sites (tertiary alicyclic amines) is 1. The Labute approximate surface area is 205 Å². The van der Waals surface area contributed by atoms with E-state index in [0.29, 0.717) is 32.5 Å². The fraction of sp³-hybridized carbons (Fsp3) is 0.375. The van der Waals surface area contributed by atoms with E-state index in [4.69, 9.17) is 20.8 Å². The zero-order valence-electron chi connectivity index (χ0n) is 18.8. The molecule has 188 valence electrons. The first-order valence-corrected chi connectivity index (χ1v) is 13.2. The van der Waals surface area contributed by atoms with Gasteiger partial charge >= 0.3 is 6.18 Å². The van der Waals surface area contributed by atoms with E-state index in [1.165, 1.54) is 18.4 Å². The van der Waals surface area contributed by atoms with E-state index in [1.807, 2.05) is 4.90 Å². The lowest BCUT2D eigenvalue weighted by molar-refractivity contribution is -0.137. The Balaban J connectivity index is 1.56. The maximum Gasteiger partial charge on any atom is 0.416 e. The van der Waals surface area contributed by atoms with Gasteiger partial charge in [0.2, 0.25) is 0 Å². The van der Waals surface area contributed by atoms with Crippen molar-refractivity contribution < 1.29 is 30.7 Å². The number of halogens is 4. The van der Waals surface area contributed by atoms with Gasteiger partial charge in [-0.3, -0.25) is 4.79 Å². The zero-order valence-corrected chi connectivity index (χ0v) is 20.3. The maximum atomic E-state index is 13.4. The van der Waals surface area contributed by atoms with Crippen LogP contribution in [0, 0.1) is 0 Å². The number of rotatable bonds is 7. The molecule has 1 fully saturated rings. The van der Waals surface area contributed by atoms with Crippen molar-refractivity contribution in [3.05, 3.63) is 63.3 Å². The van der Waals surface area contributed by atoms with Crippen molar-refractivity contribution in [2.24, 2.45) is 0 Å². The summed E-state index contributed by atoms with van der Waals surface area (Å²) in [4.78, 5) is 14.6. The highest BCUT2D eigenvalue weighted by Gasteiger charge is 2.32. The van der Waals surface area contributed by atoms with Gasteiger partial charge in [-0.15, -0.1) is 0 Å². The summed E-state index contributed by atoms with van der Waals surface area (Å²) in [6, 6.07) is 8.88. The third-order valence-corrected chi connectivity index (χ3v) is 7.89. The minimum atomic E-state index is -4.58. The molecule has 2 heterocycles. The van der Waals surface area contributed by atoms with Crippen LogP contribution in [-0.2, 0) is 16.0 Å². The Bertz CT molecular complexity index is 1400. The molecule has 0 amide bonds. The Morgan fingerprint density at radius 1 is 1.20 bits per heavy atom. The van der Waals surface area contributed by atoms with Crippen molar-refractivity contribution in [3.8, 4) is 17.1 Å². The molecule has 4 rings (SSSR count). The summed E-state index contributed by atoms with van der Waals surface area (Å²) in [5.74, 6) is -0.0420. The van der Waals surface area contributed by atoms with Gasteiger partial charge in [0.25, 0.3) is 0 Å². The van der Waals surface area contributed by atoms with Gasteiger partial charge in [0.15, 0.2) is 20.8 Å². The number of benzene rings is 2. The van der Waals surface area contributed by atoms with Crippen LogP contribution in [-0.4, -0.2) is 51.1 Å². The van der Waals surface area contributed by atoms with E-state index >= 15 is 0 Å². The molecule has 0 saturated carbocycles. The molecular formula is C24H23ClF3NO5S. The number of alkyl halides is 3. The molecule has 1 aliphatic heterocycles. The highest BCUT2D eigenvalue weighted by Crippen LogP contribution is 2.38. The second kappa shape index (κ2) is 9.83. The average Bonchev–Trinajstić information content (AvgIpc) is 3.26. The molecule has 0 bridgehead atoms. The van der Waals surface area contributed by atoms with Crippen LogP contribution in [0.4, 0.5) is 13.2 Å². The van der Waals surface area contributed by atoms with E-state index in [0.717, 1.165) is 12.1 Å². The van der Waals surface area contributed by atoms with Crippen LogP contribution < -0.4 is 10.2 Å². The number of nitrogens with zero attached hydrogens (tertiary/aromatic N) is 1. The number of hydrogen-bond donors (Lipinski definition) is 0. The Hall–Kier alpha value is -2.56. The van der Waals surface area contributed by atoms with E-state index in [9.17, 15) is 26.4 Å². The maximum absolute atomic E-state index is 13.4. The molecule has 11 heteroatoms. The molecule has 1 aliphatic rings. The van der Waals surface area contributed by atoms with Gasteiger partial charge in [-0.05, 0) is 49.7 Å². The van der Waals surface area contributed by atoms with E-state index in [1.54, 1.807) is 18.2 Å². The van der Waals surface area contributed by atoms with Crippen molar-refractivity contribution in [1.29, 1.82) is 0 Å². The Morgan fingerprint density at radius 2 is 1.97 bits per heavy atom. The van der Waals surface area contributed by atoms with Crippen LogP contribution in [0.5, 0.6) is 5.75 Å². The van der Waals surface area contributed by atoms with Crippen molar-refractivity contribution in [3.63, 3.8) is 0 Å². The normalized spacial score (nSPS) is 17.2. The summed E-state index contributed by atoms with van der Waals surface area (Å²) in [5.41, 5.74) is -0.954. The highest BCUT2D eigenvalue weighted by molar-refractivity contribution is 7.91. The lowest BCUT2D eigenvalue weighted by Gasteiger charge is -2.17. The van der Waals surface area contributed by atoms with Crippen molar-refractivity contribution >= 4 is 32.4 Å². The van der Waals surface area contributed by atoms with Gasteiger partial charge in [0, 0.05) is 25.4 Å². The third kappa shape index (κ3) is 5.82. The van der Waals surface area contributed by atoms with Gasteiger partial charge in [0.1, 0.15) is 11.5 Å². The van der Waals surface area contributed by atoms with Gasteiger partial charge in [-0.25, -0.2) is 8.42 Å². The van der Waals surface area contributed by atoms with Crippen molar-refractivity contribution in [2.75, 3.05) is 32.5 Å².